The SMILES string of the molecule is O=C(Cc1ccccn1)N1Cc2cncn2[C@@H](COc2ccccn2)C1. The first kappa shape index (κ1) is 16.3. The average molecular weight is 349 g/mol. The van der Waals surface area contributed by atoms with E-state index in [9.17, 15) is 4.79 Å². The Morgan fingerprint density at radius 1 is 1.15 bits per heavy atom. The number of amides is 1. The number of carbonyl (C=O) groups excluding carboxylic acids is 1. The van der Waals surface area contributed by atoms with E-state index in [0.717, 1.165) is 11.4 Å². The van der Waals surface area contributed by atoms with Crippen LogP contribution in [0.5, 0.6) is 5.88 Å². The summed E-state index contributed by atoms with van der Waals surface area (Å²) in [6.45, 7) is 1.54. The normalized spacial score (nSPS) is 16.2. The summed E-state index contributed by atoms with van der Waals surface area (Å²) in [6, 6.07) is 11.2. The Kier molecular flexibility index (Phi) is 4.59. The number of pyridine rings is 2. The van der Waals surface area contributed by atoms with E-state index >= 15 is 0 Å². The molecule has 0 saturated carbocycles. The van der Waals surface area contributed by atoms with Gasteiger partial charge in [0.25, 0.3) is 0 Å². The topological polar surface area (TPSA) is 73.1 Å². The molecular formula is C19H19N5O2. The molecule has 1 atom stereocenters. The number of carbonyl (C=O) groups is 1. The minimum absolute atomic E-state index is 0.00376. The van der Waals surface area contributed by atoms with Gasteiger partial charge in [-0.3, -0.25) is 9.78 Å². The zero-order valence-electron chi connectivity index (χ0n) is 14.2. The van der Waals surface area contributed by atoms with Gasteiger partial charge in [-0.15, -0.1) is 0 Å². The molecule has 26 heavy (non-hydrogen) atoms. The maximum Gasteiger partial charge on any atom is 0.229 e. The third-order valence-electron chi connectivity index (χ3n) is 4.40. The quantitative estimate of drug-likeness (QED) is 0.703. The summed E-state index contributed by atoms with van der Waals surface area (Å²) in [5.74, 6) is 0.630. The molecule has 0 spiro atoms. The van der Waals surface area contributed by atoms with Gasteiger partial charge in [0.2, 0.25) is 11.8 Å². The first-order valence-electron chi connectivity index (χ1n) is 8.52. The Morgan fingerprint density at radius 3 is 2.77 bits per heavy atom. The highest BCUT2D eigenvalue weighted by atomic mass is 16.5. The van der Waals surface area contributed by atoms with Crippen molar-refractivity contribution in [1.29, 1.82) is 0 Å². The molecule has 4 heterocycles. The van der Waals surface area contributed by atoms with Gasteiger partial charge in [0, 0.05) is 36.9 Å². The highest BCUT2D eigenvalue weighted by molar-refractivity contribution is 5.78. The number of hydrogen-bond donors (Lipinski definition) is 0. The summed E-state index contributed by atoms with van der Waals surface area (Å²) in [7, 11) is 0. The lowest BCUT2D eigenvalue weighted by molar-refractivity contribution is -0.132. The zero-order valence-corrected chi connectivity index (χ0v) is 14.2. The van der Waals surface area contributed by atoms with Gasteiger partial charge in [-0.2, -0.15) is 0 Å². The lowest BCUT2D eigenvalue weighted by Gasteiger charge is -2.34. The molecule has 132 valence electrons. The van der Waals surface area contributed by atoms with E-state index in [-0.39, 0.29) is 11.9 Å². The third-order valence-corrected chi connectivity index (χ3v) is 4.40. The van der Waals surface area contributed by atoms with E-state index in [4.69, 9.17) is 4.74 Å². The molecule has 0 fully saturated rings. The molecular weight excluding hydrogens is 330 g/mol. The monoisotopic (exact) mass is 349 g/mol. The first-order valence-corrected chi connectivity index (χ1v) is 8.52. The fourth-order valence-electron chi connectivity index (χ4n) is 3.09. The Morgan fingerprint density at radius 2 is 2.00 bits per heavy atom. The van der Waals surface area contributed by atoms with Crippen LogP contribution in [0, 0.1) is 0 Å². The summed E-state index contributed by atoms with van der Waals surface area (Å²) >= 11 is 0. The van der Waals surface area contributed by atoms with Crippen LogP contribution < -0.4 is 4.74 Å². The minimum atomic E-state index is -0.00376. The summed E-state index contributed by atoms with van der Waals surface area (Å²) in [4.78, 5) is 27.2. The Bertz CT molecular complexity index is 866. The van der Waals surface area contributed by atoms with Crippen LogP contribution in [-0.4, -0.2) is 43.5 Å². The summed E-state index contributed by atoms with van der Waals surface area (Å²) in [5, 5.41) is 0. The molecule has 3 aromatic heterocycles. The Labute approximate surface area is 151 Å². The number of nitrogens with zero attached hydrogens (tertiary/aromatic N) is 5. The molecule has 1 amide bonds. The minimum Gasteiger partial charge on any atom is -0.475 e. The van der Waals surface area contributed by atoms with Gasteiger partial charge in [-0.05, 0) is 18.2 Å². The molecule has 0 N–H and O–H groups in total. The van der Waals surface area contributed by atoms with Crippen molar-refractivity contribution in [2.24, 2.45) is 0 Å². The number of hydrogen-bond acceptors (Lipinski definition) is 5. The molecule has 7 nitrogen and oxygen atoms in total. The van der Waals surface area contributed by atoms with Crippen molar-refractivity contribution in [3.8, 4) is 5.88 Å². The summed E-state index contributed by atoms with van der Waals surface area (Å²) in [6.07, 6.45) is 7.29. The number of ether oxygens (including phenoxy) is 1. The maximum atomic E-state index is 12.7. The molecule has 0 aromatic carbocycles. The van der Waals surface area contributed by atoms with E-state index in [1.807, 2.05) is 41.3 Å². The van der Waals surface area contributed by atoms with Gasteiger partial charge < -0.3 is 14.2 Å². The fourth-order valence-corrected chi connectivity index (χ4v) is 3.09. The lowest BCUT2D eigenvalue weighted by Crippen LogP contribution is -2.43. The van der Waals surface area contributed by atoms with E-state index in [2.05, 4.69) is 19.5 Å². The standard InChI is InChI=1S/C19H19N5O2/c25-19(9-15-5-1-3-7-21-15)23-11-16-10-20-14-24(16)17(12-23)13-26-18-6-2-4-8-22-18/h1-8,10,14,17H,9,11-13H2/t17-/m1/s1. The molecule has 1 aliphatic heterocycles. The predicted molar refractivity (Wildman–Crippen MR) is 94.4 cm³/mol. The molecule has 0 bridgehead atoms. The number of rotatable bonds is 5. The van der Waals surface area contributed by atoms with Crippen molar-refractivity contribution in [3.05, 3.63) is 72.7 Å². The van der Waals surface area contributed by atoms with Crippen LogP contribution in [-0.2, 0) is 17.8 Å². The first-order chi connectivity index (χ1) is 12.8. The second-order valence-electron chi connectivity index (χ2n) is 6.20. The summed E-state index contributed by atoms with van der Waals surface area (Å²) < 4.78 is 7.88. The molecule has 4 rings (SSSR count). The average Bonchev–Trinajstić information content (AvgIpc) is 3.16. The van der Waals surface area contributed by atoms with Crippen LogP contribution in [0.2, 0.25) is 0 Å². The maximum absolute atomic E-state index is 12.7. The summed E-state index contributed by atoms with van der Waals surface area (Å²) in [5.41, 5.74) is 1.78. The van der Waals surface area contributed by atoms with Gasteiger partial charge in [0.1, 0.15) is 6.61 Å². The van der Waals surface area contributed by atoms with Crippen LogP contribution in [0.1, 0.15) is 17.4 Å². The Hall–Kier alpha value is -3.22. The van der Waals surface area contributed by atoms with E-state index in [1.165, 1.54) is 0 Å². The molecule has 0 saturated heterocycles. The number of fused-ring (bicyclic) bond motifs is 1. The second kappa shape index (κ2) is 7.35. The van der Waals surface area contributed by atoms with Crippen molar-refractivity contribution in [1.82, 2.24) is 24.4 Å². The van der Waals surface area contributed by atoms with Crippen molar-refractivity contribution in [3.63, 3.8) is 0 Å². The smallest absolute Gasteiger partial charge is 0.229 e. The third kappa shape index (κ3) is 3.56. The van der Waals surface area contributed by atoms with E-state index in [1.54, 1.807) is 24.9 Å². The largest absolute Gasteiger partial charge is 0.475 e. The Balaban J connectivity index is 1.46. The molecule has 0 radical (unpaired) electrons. The number of imidazole rings is 1. The van der Waals surface area contributed by atoms with Gasteiger partial charge in [0.15, 0.2) is 0 Å². The van der Waals surface area contributed by atoms with Crippen LogP contribution in [0.15, 0.2) is 61.3 Å². The molecule has 3 aromatic rings. The zero-order chi connectivity index (χ0) is 17.8. The van der Waals surface area contributed by atoms with Crippen LogP contribution in [0.25, 0.3) is 0 Å². The lowest BCUT2D eigenvalue weighted by atomic mass is 10.1. The van der Waals surface area contributed by atoms with Crippen molar-refractivity contribution in [2.75, 3.05) is 13.2 Å². The number of aromatic nitrogens is 4. The van der Waals surface area contributed by atoms with Gasteiger partial charge in [-0.25, -0.2) is 9.97 Å². The van der Waals surface area contributed by atoms with Gasteiger partial charge in [-0.1, -0.05) is 12.1 Å². The predicted octanol–water partition coefficient (Wildman–Crippen LogP) is 1.88. The molecule has 0 aliphatic carbocycles. The van der Waals surface area contributed by atoms with Crippen LogP contribution in [0.3, 0.4) is 0 Å². The van der Waals surface area contributed by atoms with Crippen LogP contribution in [0.4, 0.5) is 0 Å². The van der Waals surface area contributed by atoms with Crippen molar-refractivity contribution >= 4 is 5.91 Å². The molecule has 1 aliphatic rings. The fraction of sp³-hybridized carbons (Fsp3) is 0.263. The molecule has 0 unspecified atom stereocenters. The second-order valence-corrected chi connectivity index (χ2v) is 6.20. The van der Waals surface area contributed by atoms with Crippen molar-refractivity contribution in [2.45, 2.75) is 19.0 Å². The molecule has 7 heteroatoms. The van der Waals surface area contributed by atoms with E-state index < -0.39 is 0 Å². The van der Waals surface area contributed by atoms with Crippen molar-refractivity contribution < 1.29 is 9.53 Å². The van der Waals surface area contributed by atoms with Gasteiger partial charge in [0.05, 0.1) is 31.0 Å². The van der Waals surface area contributed by atoms with Gasteiger partial charge >= 0.3 is 0 Å². The van der Waals surface area contributed by atoms with E-state index in [0.29, 0.717) is 32.0 Å². The highest BCUT2D eigenvalue weighted by Gasteiger charge is 2.28. The highest BCUT2D eigenvalue weighted by Crippen LogP contribution is 2.22. The van der Waals surface area contributed by atoms with Crippen LogP contribution >= 0.6 is 0 Å².